The highest BCUT2D eigenvalue weighted by Crippen LogP contribution is 2.28. The molecule has 4 nitrogen and oxygen atoms in total. The van der Waals surface area contributed by atoms with Crippen molar-refractivity contribution in [1.29, 1.82) is 0 Å². The molecule has 4 heteroatoms. The smallest absolute Gasteiger partial charge is 0.119 e. The molecule has 5 rings (SSSR count). The van der Waals surface area contributed by atoms with Gasteiger partial charge in [-0.2, -0.15) is 0 Å². The second-order valence-corrected chi connectivity index (χ2v) is 7.81. The summed E-state index contributed by atoms with van der Waals surface area (Å²) in [5.41, 5.74) is 4.73. The van der Waals surface area contributed by atoms with Crippen molar-refractivity contribution < 1.29 is 18.9 Å². The lowest BCUT2D eigenvalue weighted by atomic mass is 10.0. The van der Waals surface area contributed by atoms with Crippen LogP contribution in [-0.2, 0) is 9.47 Å². The van der Waals surface area contributed by atoms with Crippen LogP contribution < -0.4 is 9.47 Å². The lowest BCUT2D eigenvalue weighted by Crippen LogP contribution is -2.32. The van der Waals surface area contributed by atoms with Crippen molar-refractivity contribution in [2.45, 2.75) is 25.0 Å². The van der Waals surface area contributed by atoms with Crippen LogP contribution in [0.2, 0.25) is 0 Å². The highest BCUT2D eigenvalue weighted by atomic mass is 16.6. The minimum atomic E-state index is 0.259. The van der Waals surface area contributed by atoms with Crippen LogP contribution in [0, 0.1) is 0 Å². The fourth-order valence-corrected chi connectivity index (χ4v) is 3.55. The summed E-state index contributed by atoms with van der Waals surface area (Å²) < 4.78 is 22.4. The van der Waals surface area contributed by atoms with Crippen molar-refractivity contribution in [3.05, 3.63) is 72.8 Å². The summed E-state index contributed by atoms with van der Waals surface area (Å²) in [6, 6.07) is 25.1. The highest BCUT2D eigenvalue weighted by Gasteiger charge is 2.19. The monoisotopic (exact) mass is 402 g/mol. The van der Waals surface area contributed by atoms with Crippen LogP contribution >= 0.6 is 0 Å². The standard InChI is InChI=1S/C26H26O4/c1-2-20(22-7-11-24(12-8-22)30-18-26-14-16-28-26)4-3-19(1)21-5-9-23(10-6-21)29-17-25-13-15-27-25/h1-12,25-26H,13-18H2. The van der Waals surface area contributed by atoms with E-state index >= 15 is 0 Å². The van der Waals surface area contributed by atoms with Crippen molar-refractivity contribution in [3.63, 3.8) is 0 Å². The average molecular weight is 402 g/mol. The lowest BCUT2D eigenvalue weighted by molar-refractivity contribution is -0.0721. The lowest BCUT2D eigenvalue weighted by Gasteiger charge is -2.26. The number of hydrogen-bond donors (Lipinski definition) is 0. The molecule has 0 bridgehead atoms. The summed E-state index contributed by atoms with van der Waals surface area (Å²) in [5, 5.41) is 0. The van der Waals surface area contributed by atoms with Gasteiger partial charge in [0.2, 0.25) is 0 Å². The Balaban J connectivity index is 1.19. The largest absolute Gasteiger partial charge is 0.491 e. The molecule has 0 amide bonds. The van der Waals surface area contributed by atoms with Gasteiger partial charge in [0.25, 0.3) is 0 Å². The second-order valence-electron chi connectivity index (χ2n) is 7.81. The first-order valence-corrected chi connectivity index (χ1v) is 10.6. The molecule has 2 saturated heterocycles. The Labute approximate surface area is 177 Å². The van der Waals surface area contributed by atoms with E-state index in [2.05, 4.69) is 48.5 Å². The molecule has 0 aliphatic carbocycles. The van der Waals surface area contributed by atoms with Crippen molar-refractivity contribution in [3.8, 4) is 33.8 Å². The van der Waals surface area contributed by atoms with Crippen molar-refractivity contribution in [2.75, 3.05) is 26.4 Å². The predicted octanol–water partition coefficient (Wildman–Crippen LogP) is 5.36. The first-order chi connectivity index (χ1) is 14.8. The maximum atomic E-state index is 5.79. The van der Waals surface area contributed by atoms with Crippen LogP contribution in [0.15, 0.2) is 72.8 Å². The molecule has 0 aromatic heterocycles. The maximum Gasteiger partial charge on any atom is 0.119 e. The fourth-order valence-electron chi connectivity index (χ4n) is 3.55. The number of benzene rings is 3. The fraction of sp³-hybridized carbons (Fsp3) is 0.308. The van der Waals surface area contributed by atoms with Crippen LogP contribution in [0.1, 0.15) is 12.8 Å². The summed E-state index contributed by atoms with van der Waals surface area (Å²) in [7, 11) is 0. The third-order valence-electron chi connectivity index (χ3n) is 5.72. The molecule has 30 heavy (non-hydrogen) atoms. The van der Waals surface area contributed by atoms with Gasteiger partial charge in [0.15, 0.2) is 0 Å². The summed E-state index contributed by atoms with van der Waals surface area (Å²) in [6.45, 7) is 2.98. The van der Waals surface area contributed by atoms with Crippen molar-refractivity contribution in [2.24, 2.45) is 0 Å². The van der Waals surface area contributed by atoms with Crippen LogP contribution in [0.4, 0.5) is 0 Å². The zero-order chi connectivity index (χ0) is 20.2. The van der Waals surface area contributed by atoms with Crippen LogP contribution in [0.5, 0.6) is 11.5 Å². The molecule has 2 aliphatic heterocycles. The van der Waals surface area contributed by atoms with Gasteiger partial charge in [0.05, 0.1) is 12.2 Å². The zero-order valence-electron chi connectivity index (χ0n) is 17.0. The molecule has 3 aromatic rings. The van der Waals surface area contributed by atoms with Crippen LogP contribution in [-0.4, -0.2) is 38.6 Å². The molecule has 2 unspecified atom stereocenters. The zero-order valence-corrected chi connectivity index (χ0v) is 17.0. The highest BCUT2D eigenvalue weighted by molar-refractivity contribution is 5.71. The number of rotatable bonds is 8. The van der Waals surface area contributed by atoms with Gasteiger partial charge in [0.1, 0.15) is 24.7 Å². The van der Waals surface area contributed by atoms with E-state index in [0.29, 0.717) is 13.2 Å². The van der Waals surface area contributed by atoms with E-state index in [9.17, 15) is 0 Å². The minimum Gasteiger partial charge on any atom is -0.491 e. The minimum absolute atomic E-state index is 0.259. The van der Waals surface area contributed by atoms with E-state index in [1.165, 1.54) is 22.3 Å². The predicted molar refractivity (Wildman–Crippen MR) is 117 cm³/mol. The van der Waals surface area contributed by atoms with E-state index in [4.69, 9.17) is 18.9 Å². The van der Waals surface area contributed by atoms with Gasteiger partial charge in [0, 0.05) is 26.1 Å². The first-order valence-electron chi connectivity index (χ1n) is 10.6. The molecule has 0 radical (unpaired) electrons. The van der Waals surface area contributed by atoms with E-state index in [1.807, 2.05) is 24.3 Å². The van der Waals surface area contributed by atoms with Gasteiger partial charge in [-0.15, -0.1) is 0 Å². The third kappa shape index (κ3) is 4.50. The summed E-state index contributed by atoms with van der Waals surface area (Å²) in [5.74, 6) is 1.77. The van der Waals surface area contributed by atoms with E-state index in [0.717, 1.165) is 37.6 Å². The molecular weight excluding hydrogens is 376 g/mol. The quantitative estimate of drug-likeness (QED) is 0.509. The molecule has 0 spiro atoms. The topological polar surface area (TPSA) is 36.9 Å². The molecule has 2 aliphatic rings. The van der Waals surface area contributed by atoms with Gasteiger partial charge in [-0.25, -0.2) is 0 Å². The van der Waals surface area contributed by atoms with Gasteiger partial charge < -0.3 is 18.9 Å². The molecule has 0 saturated carbocycles. The number of ether oxygens (including phenoxy) is 4. The van der Waals surface area contributed by atoms with E-state index in [1.54, 1.807) is 0 Å². The summed E-state index contributed by atoms with van der Waals surface area (Å²) in [6.07, 6.45) is 2.70. The normalized spacial score (nSPS) is 20.1. The van der Waals surface area contributed by atoms with E-state index in [-0.39, 0.29) is 12.2 Å². The average Bonchev–Trinajstić information content (AvgIpc) is 2.73. The molecule has 154 valence electrons. The molecule has 3 aromatic carbocycles. The Morgan fingerprint density at radius 3 is 1.10 bits per heavy atom. The molecule has 0 N–H and O–H groups in total. The molecule has 2 heterocycles. The van der Waals surface area contributed by atoms with E-state index < -0.39 is 0 Å². The number of hydrogen-bond acceptors (Lipinski definition) is 4. The van der Waals surface area contributed by atoms with Crippen molar-refractivity contribution >= 4 is 0 Å². The molecular formula is C26H26O4. The SMILES string of the molecule is c1cc(-c2ccc(-c3ccc(OCC4CCO4)cc3)cc2)ccc1OCC1CCO1. The Morgan fingerprint density at radius 1 is 0.533 bits per heavy atom. The summed E-state index contributed by atoms with van der Waals surface area (Å²) >= 11 is 0. The maximum absolute atomic E-state index is 5.79. The summed E-state index contributed by atoms with van der Waals surface area (Å²) in [4.78, 5) is 0. The van der Waals surface area contributed by atoms with Gasteiger partial charge in [-0.05, 0) is 46.5 Å². The Kier molecular flexibility index (Phi) is 5.69. The Bertz CT molecular complexity index is 859. The van der Waals surface area contributed by atoms with Gasteiger partial charge in [-0.1, -0.05) is 48.5 Å². The van der Waals surface area contributed by atoms with Gasteiger partial charge in [-0.3, -0.25) is 0 Å². The van der Waals surface area contributed by atoms with Gasteiger partial charge >= 0.3 is 0 Å². The van der Waals surface area contributed by atoms with Crippen LogP contribution in [0.3, 0.4) is 0 Å². The Morgan fingerprint density at radius 2 is 0.833 bits per heavy atom. The Hall–Kier alpha value is -2.82. The first kappa shape index (κ1) is 19.2. The molecule has 2 fully saturated rings. The second kappa shape index (κ2) is 8.90. The van der Waals surface area contributed by atoms with Crippen LogP contribution in [0.25, 0.3) is 22.3 Å². The van der Waals surface area contributed by atoms with Crippen molar-refractivity contribution in [1.82, 2.24) is 0 Å². The third-order valence-corrected chi connectivity index (χ3v) is 5.72. The molecule has 2 atom stereocenters.